The highest BCUT2D eigenvalue weighted by Crippen LogP contribution is 2.26. The molecule has 0 spiro atoms. The van der Waals surface area contributed by atoms with Crippen LogP contribution in [0.15, 0.2) is 22.7 Å². The molecule has 0 fully saturated rings. The van der Waals surface area contributed by atoms with Gasteiger partial charge in [-0.2, -0.15) is 0 Å². The quantitative estimate of drug-likeness (QED) is 0.662. The van der Waals surface area contributed by atoms with E-state index in [9.17, 15) is 4.79 Å². The predicted octanol–water partition coefficient (Wildman–Crippen LogP) is 2.52. The number of benzene rings is 1. The normalized spacial score (nSPS) is 10.0. The van der Waals surface area contributed by atoms with E-state index in [1.165, 1.54) is 12.1 Å². The standard InChI is InChI=1S/C10H11BrO4/c1-2-14-6-15-9-5-7(10(12)13)3-4-8(9)11/h3-5H,2,6H2,1H3,(H,12,13). The van der Waals surface area contributed by atoms with Gasteiger partial charge in [0, 0.05) is 6.61 Å². The van der Waals surface area contributed by atoms with Crippen LogP contribution in [0.25, 0.3) is 0 Å². The van der Waals surface area contributed by atoms with Gasteiger partial charge in [0.2, 0.25) is 0 Å². The molecule has 0 amide bonds. The van der Waals surface area contributed by atoms with Crippen LogP contribution < -0.4 is 4.74 Å². The molecule has 0 aromatic heterocycles. The molecule has 1 N–H and O–H groups in total. The summed E-state index contributed by atoms with van der Waals surface area (Å²) in [6.07, 6.45) is 0. The molecule has 0 aliphatic heterocycles. The van der Waals surface area contributed by atoms with Crippen LogP contribution in [0.5, 0.6) is 5.75 Å². The Morgan fingerprint density at radius 2 is 2.27 bits per heavy atom. The summed E-state index contributed by atoms with van der Waals surface area (Å²) in [5, 5.41) is 8.77. The molecule has 0 radical (unpaired) electrons. The Hall–Kier alpha value is -1.07. The van der Waals surface area contributed by atoms with Gasteiger partial charge >= 0.3 is 5.97 Å². The molecule has 0 unspecified atom stereocenters. The number of carboxylic acids is 1. The Bertz CT molecular complexity index is 351. The molecule has 82 valence electrons. The lowest BCUT2D eigenvalue weighted by Crippen LogP contribution is -2.04. The lowest BCUT2D eigenvalue weighted by molar-refractivity contribution is 0.0218. The Labute approximate surface area is 95.9 Å². The summed E-state index contributed by atoms with van der Waals surface area (Å²) >= 11 is 3.26. The first-order valence-electron chi connectivity index (χ1n) is 4.38. The SMILES string of the molecule is CCOCOc1cc(C(=O)O)ccc1Br. The molecule has 1 aromatic rings. The number of ether oxygens (including phenoxy) is 2. The maximum atomic E-state index is 10.7. The van der Waals surface area contributed by atoms with Gasteiger partial charge < -0.3 is 14.6 Å². The fourth-order valence-corrected chi connectivity index (χ4v) is 1.30. The highest BCUT2D eigenvalue weighted by molar-refractivity contribution is 9.10. The van der Waals surface area contributed by atoms with Gasteiger partial charge in [0.1, 0.15) is 5.75 Å². The number of aromatic carboxylic acids is 1. The summed E-state index contributed by atoms with van der Waals surface area (Å²) in [4.78, 5) is 10.7. The zero-order valence-corrected chi connectivity index (χ0v) is 9.78. The Morgan fingerprint density at radius 1 is 1.53 bits per heavy atom. The van der Waals surface area contributed by atoms with Gasteiger partial charge in [-0.3, -0.25) is 0 Å². The van der Waals surface area contributed by atoms with Gasteiger partial charge in [-0.25, -0.2) is 4.79 Å². The average molecular weight is 275 g/mol. The second-order valence-electron chi connectivity index (χ2n) is 2.71. The lowest BCUT2D eigenvalue weighted by atomic mass is 10.2. The van der Waals surface area contributed by atoms with Crippen molar-refractivity contribution in [1.29, 1.82) is 0 Å². The van der Waals surface area contributed by atoms with Crippen LogP contribution in [0.4, 0.5) is 0 Å². The third kappa shape index (κ3) is 3.53. The molecule has 0 bridgehead atoms. The molecule has 0 aliphatic rings. The highest BCUT2D eigenvalue weighted by Gasteiger charge is 2.07. The zero-order valence-electron chi connectivity index (χ0n) is 8.20. The van der Waals surface area contributed by atoms with Gasteiger partial charge in [-0.15, -0.1) is 0 Å². The molecular weight excluding hydrogens is 264 g/mol. The molecular formula is C10H11BrO4. The van der Waals surface area contributed by atoms with Crippen LogP contribution in [-0.2, 0) is 4.74 Å². The van der Waals surface area contributed by atoms with Crippen molar-refractivity contribution in [1.82, 2.24) is 0 Å². The van der Waals surface area contributed by atoms with Gasteiger partial charge in [0.05, 0.1) is 10.0 Å². The van der Waals surface area contributed by atoms with E-state index < -0.39 is 5.97 Å². The summed E-state index contributed by atoms with van der Waals surface area (Å²) in [6.45, 7) is 2.51. The third-order valence-electron chi connectivity index (χ3n) is 1.68. The highest BCUT2D eigenvalue weighted by atomic mass is 79.9. The van der Waals surface area contributed by atoms with E-state index in [0.29, 0.717) is 16.8 Å². The predicted molar refractivity (Wildman–Crippen MR) is 58.2 cm³/mol. The van der Waals surface area contributed by atoms with E-state index in [4.69, 9.17) is 14.6 Å². The van der Waals surface area contributed by atoms with E-state index in [1.807, 2.05) is 6.92 Å². The molecule has 4 nitrogen and oxygen atoms in total. The number of halogens is 1. The number of hydrogen-bond donors (Lipinski definition) is 1. The van der Waals surface area contributed by atoms with Crippen molar-refractivity contribution in [2.45, 2.75) is 6.92 Å². The monoisotopic (exact) mass is 274 g/mol. The Morgan fingerprint density at radius 3 is 2.87 bits per heavy atom. The van der Waals surface area contributed by atoms with Gasteiger partial charge in [-0.1, -0.05) is 0 Å². The maximum Gasteiger partial charge on any atom is 0.335 e. The topological polar surface area (TPSA) is 55.8 Å². The van der Waals surface area contributed by atoms with Crippen molar-refractivity contribution < 1.29 is 19.4 Å². The van der Waals surface area contributed by atoms with Crippen molar-refractivity contribution >= 4 is 21.9 Å². The lowest BCUT2D eigenvalue weighted by Gasteiger charge is -2.08. The number of hydrogen-bond acceptors (Lipinski definition) is 3. The van der Waals surface area contributed by atoms with Crippen LogP contribution in [0.3, 0.4) is 0 Å². The Balaban J connectivity index is 2.76. The molecule has 5 heteroatoms. The second kappa shape index (κ2) is 5.72. The van der Waals surface area contributed by atoms with Crippen molar-refractivity contribution in [2.24, 2.45) is 0 Å². The minimum atomic E-state index is -0.983. The minimum absolute atomic E-state index is 0.109. The van der Waals surface area contributed by atoms with E-state index in [2.05, 4.69) is 15.9 Å². The Kier molecular flexibility index (Phi) is 4.58. The molecule has 1 aromatic carbocycles. The average Bonchev–Trinajstić information content (AvgIpc) is 2.20. The number of carboxylic acid groups (broad SMARTS) is 1. The first-order valence-corrected chi connectivity index (χ1v) is 5.18. The summed E-state index contributed by atoms with van der Waals surface area (Å²) in [6, 6.07) is 4.58. The van der Waals surface area contributed by atoms with Crippen molar-refractivity contribution in [3.8, 4) is 5.75 Å². The minimum Gasteiger partial charge on any atom is -0.478 e. The maximum absolute atomic E-state index is 10.7. The molecule has 0 saturated carbocycles. The molecule has 15 heavy (non-hydrogen) atoms. The van der Waals surface area contributed by atoms with E-state index in [-0.39, 0.29) is 12.4 Å². The van der Waals surface area contributed by atoms with E-state index in [1.54, 1.807) is 6.07 Å². The van der Waals surface area contributed by atoms with E-state index in [0.717, 1.165) is 0 Å². The molecule has 0 heterocycles. The van der Waals surface area contributed by atoms with Crippen LogP contribution in [-0.4, -0.2) is 24.5 Å². The smallest absolute Gasteiger partial charge is 0.335 e. The zero-order chi connectivity index (χ0) is 11.3. The van der Waals surface area contributed by atoms with E-state index >= 15 is 0 Å². The van der Waals surface area contributed by atoms with Gasteiger partial charge in [0.25, 0.3) is 0 Å². The molecule has 0 aliphatic carbocycles. The second-order valence-corrected chi connectivity index (χ2v) is 3.56. The molecule has 0 saturated heterocycles. The fourth-order valence-electron chi connectivity index (χ4n) is 0.935. The number of rotatable bonds is 5. The van der Waals surface area contributed by atoms with Crippen LogP contribution in [0, 0.1) is 0 Å². The third-order valence-corrected chi connectivity index (χ3v) is 2.34. The summed E-state index contributed by atoms with van der Waals surface area (Å²) in [5.41, 5.74) is 0.185. The van der Waals surface area contributed by atoms with Crippen molar-refractivity contribution in [2.75, 3.05) is 13.4 Å². The number of carbonyl (C=O) groups is 1. The molecule has 1 rings (SSSR count). The van der Waals surface area contributed by atoms with Crippen LogP contribution in [0.2, 0.25) is 0 Å². The summed E-state index contributed by atoms with van der Waals surface area (Å²) in [5.74, 6) is -0.521. The van der Waals surface area contributed by atoms with Crippen molar-refractivity contribution in [3.05, 3.63) is 28.2 Å². The fraction of sp³-hybridized carbons (Fsp3) is 0.300. The summed E-state index contributed by atoms with van der Waals surface area (Å²) < 4.78 is 10.9. The van der Waals surface area contributed by atoms with Crippen LogP contribution >= 0.6 is 15.9 Å². The first kappa shape index (κ1) is 12.0. The van der Waals surface area contributed by atoms with Crippen LogP contribution in [0.1, 0.15) is 17.3 Å². The largest absolute Gasteiger partial charge is 0.478 e. The van der Waals surface area contributed by atoms with Gasteiger partial charge in [0.15, 0.2) is 6.79 Å². The summed E-state index contributed by atoms with van der Waals surface area (Å²) in [7, 11) is 0. The van der Waals surface area contributed by atoms with Gasteiger partial charge in [-0.05, 0) is 41.1 Å². The molecule has 0 atom stereocenters. The first-order chi connectivity index (χ1) is 7.15. The van der Waals surface area contributed by atoms with Crippen molar-refractivity contribution in [3.63, 3.8) is 0 Å².